The molecule has 140 valence electrons. The summed E-state index contributed by atoms with van der Waals surface area (Å²) in [7, 11) is 0. The van der Waals surface area contributed by atoms with E-state index in [1.807, 2.05) is 24.3 Å². The van der Waals surface area contributed by atoms with Crippen molar-refractivity contribution in [1.82, 2.24) is 9.88 Å². The van der Waals surface area contributed by atoms with Crippen LogP contribution in [0.25, 0.3) is 0 Å². The molecular formula is C18H18N4O3S2. The monoisotopic (exact) mass is 402 g/mol. The number of hydrogen-bond donors (Lipinski definition) is 2. The molecule has 2 N–H and O–H groups in total. The molecule has 1 fully saturated rings. The van der Waals surface area contributed by atoms with Crippen molar-refractivity contribution < 1.29 is 14.4 Å². The molecule has 0 spiro atoms. The topological polar surface area (TPSA) is 91.4 Å². The largest absolute Gasteiger partial charge is 0.331 e. The molecule has 2 unspecified atom stereocenters. The van der Waals surface area contributed by atoms with Crippen LogP contribution in [0.15, 0.2) is 40.7 Å². The zero-order chi connectivity index (χ0) is 18.8. The second kappa shape index (κ2) is 7.69. The number of thiazole rings is 1. The zero-order valence-corrected chi connectivity index (χ0v) is 16.0. The van der Waals surface area contributed by atoms with Crippen molar-refractivity contribution >= 4 is 51.6 Å². The van der Waals surface area contributed by atoms with Crippen LogP contribution in [0.1, 0.15) is 19.3 Å². The zero-order valence-electron chi connectivity index (χ0n) is 14.4. The fourth-order valence-electron chi connectivity index (χ4n) is 3.31. The summed E-state index contributed by atoms with van der Waals surface area (Å²) in [6.07, 6.45) is 3.09. The Morgan fingerprint density at radius 2 is 2.19 bits per heavy atom. The van der Waals surface area contributed by atoms with E-state index in [9.17, 15) is 14.4 Å². The van der Waals surface area contributed by atoms with Gasteiger partial charge in [0.2, 0.25) is 17.7 Å². The number of aromatic nitrogens is 1. The Balaban J connectivity index is 1.41. The number of anilines is 2. The number of amides is 3. The van der Waals surface area contributed by atoms with Crippen LogP contribution in [0, 0.1) is 0 Å². The average Bonchev–Trinajstić information content (AvgIpc) is 3.33. The molecular weight excluding hydrogens is 384 g/mol. The number of fused-ring (bicyclic) bond motifs is 1. The van der Waals surface area contributed by atoms with Crippen LogP contribution in [-0.4, -0.2) is 45.4 Å². The lowest BCUT2D eigenvalue weighted by molar-refractivity contribution is -0.137. The number of carbonyl (C=O) groups excluding carboxylic acids is 3. The fourth-order valence-corrected chi connectivity index (χ4v) is 4.95. The molecule has 4 rings (SSSR count). The number of para-hydroxylation sites is 1. The number of benzene rings is 1. The molecule has 7 nitrogen and oxygen atoms in total. The first kappa shape index (κ1) is 18.0. The Morgan fingerprint density at radius 1 is 1.33 bits per heavy atom. The van der Waals surface area contributed by atoms with Gasteiger partial charge < -0.3 is 15.5 Å². The third kappa shape index (κ3) is 3.84. The van der Waals surface area contributed by atoms with E-state index >= 15 is 0 Å². The summed E-state index contributed by atoms with van der Waals surface area (Å²) >= 11 is 2.74. The molecule has 2 aliphatic rings. The van der Waals surface area contributed by atoms with E-state index in [1.165, 1.54) is 23.1 Å². The van der Waals surface area contributed by atoms with Crippen LogP contribution >= 0.6 is 23.1 Å². The molecule has 2 atom stereocenters. The molecule has 1 aromatic carbocycles. The normalized spacial score (nSPS) is 21.5. The molecule has 3 heterocycles. The molecule has 2 aromatic rings. The minimum atomic E-state index is -0.509. The predicted octanol–water partition coefficient (Wildman–Crippen LogP) is 2.58. The van der Waals surface area contributed by atoms with E-state index in [0.29, 0.717) is 18.1 Å². The minimum absolute atomic E-state index is 0.0753. The van der Waals surface area contributed by atoms with Crippen molar-refractivity contribution in [1.29, 1.82) is 0 Å². The third-order valence-corrected chi connectivity index (χ3v) is 6.57. The maximum Gasteiger partial charge on any atom is 0.248 e. The SMILES string of the molecule is O=C1Nc2ccccc2SC1CC(=O)N1CCCC1C(=O)Nc1nccs1. The van der Waals surface area contributed by atoms with E-state index in [1.54, 1.807) is 16.5 Å². The molecule has 2 aliphatic heterocycles. The number of hydrogen-bond acceptors (Lipinski definition) is 6. The van der Waals surface area contributed by atoms with Gasteiger partial charge in [-0.05, 0) is 25.0 Å². The summed E-state index contributed by atoms with van der Waals surface area (Å²) in [5, 5.41) is 7.43. The molecule has 27 heavy (non-hydrogen) atoms. The molecule has 1 aromatic heterocycles. The number of nitrogens with one attached hydrogen (secondary N) is 2. The first-order valence-corrected chi connectivity index (χ1v) is 10.4. The summed E-state index contributed by atoms with van der Waals surface area (Å²) in [4.78, 5) is 44.3. The summed E-state index contributed by atoms with van der Waals surface area (Å²) in [6, 6.07) is 7.03. The maximum absolute atomic E-state index is 12.8. The summed E-state index contributed by atoms with van der Waals surface area (Å²) in [6.45, 7) is 0.532. The van der Waals surface area contributed by atoms with Gasteiger partial charge in [0.25, 0.3) is 0 Å². The van der Waals surface area contributed by atoms with Crippen molar-refractivity contribution in [2.75, 3.05) is 17.2 Å². The second-order valence-electron chi connectivity index (χ2n) is 6.37. The van der Waals surface area contributed by atoms with Crippen LogP contribution < -0.4 is 10.6 Å². The van der Waals surface area contributed by atoms with Crippen LogP contribution in [0.4, 0.5) is 10.8 Å². The Kier molecular flexibility index (Phi) is 5.13. The Morgan fingerprint density at radius 3 is 3.00 bits per heavy atom. The third-order valence-electron chi connectivity index (χ3n) is 4.60. The first-order chi connectivity index (χ1) is 13.1. The predicted molar refractivity (Wildman–Crippen MR) is 105 cm³/mol. The highest BCUT2D eigenvalue weighted by Gasteiger charge is 2.37. The highest BCUT2D eigenvalue weighted by Crippen LogP contribution is 2.37. The molecule has 0 radical (unpaired) electrons. The number of rotatable bonds is 4. The van der Waals surface area contributed by atoms with E-state index in [2.05, 4.69) is 15.6 Å². The van der Waals surface area contributed by atoms with Gasteiger partial charge in [-0.25, -0.2) is 4.98 Å². The molecule has 0 aliphatic carbocycles. The molecule has 9 heteroatoms. The smallest absolute Gasteiger partial charge is 0.248 e. The van der Waals surface area contributed by atoms with Gasteiger partial charge in [0, 0.05) is 29.4 Å². The van der Waals surface area contributed by atoms with Crippen molar-refractivity contribution in [3.05, 3.63) is 35.8 Å². The number of carbonyl (C=O) groups is 3. The van der Waals surface area contributed by atoms with Gasteiger partial charge >= 0.3 is 0 Å². The molecule has 3 amide bonds. The van der Waals surface area contributed by atoms with Gasteiger partial charge in [-0.15, -0.1) is 23.1 Å². The van der Waals surface area contributed by atoms with Crippen molar-refractivity contribution in [3.8, 4) is 0 Å². The lowest BCUT2D eigenvalue weighted by Gasteiger charge is -2.27. The van der Waals surface area contributed by atoms with Crippen LogP contribution in [-0.2, 0) is 14.4 Å². The Bertz CT molecular complexity index is 871. The summed E-state index contributed by atoms with van der Waals surface area (Å²) in [5.41, 5.74) is 0.776. The standard InChI is InChI=1S/C18H18N4O3S2/c23-15(10-14-17(25)20-11-4-1-2-6-13(11)27-14)22-8-3-5-12(22)16(24)21-18-19-7-9-26-18/h1-2,4,6-7,9,12,14H,3,5,8,10H2,(H,20,25)(H,19,21,24). The quantitative estimate of drug-likeness (QED) is 0.820. The fraction of sp³-hybridized carbons (Fsp3) is 0.333. The van der Waals surface area contributed by atoms with Crippen LogP contribution in [0.2, 0.25) is 0 Å². The second-order valence-corrected chi connectivity index (χ2v) is 8.51. The Labute approximate surface area is 164 Å². The molecule has 0 bridgehead atoms. The maximum atomic E-state index is 12.8. The van der Waals surface area contributed by atoms with Crippen molar-refractivity contribution in [2.24, 2.45) is 0 Å². The Hall–Kier alpha value is -2.39. The van der Waals surface area contributed by atoms with E-state index < -0.39 is 11.3 Å². The van der Waals surface area contributed by atoms with Crippen LogP contribution in [0.5, 0.6) is 0 Å². The minimum Gasteiger partial charge on any atom is -0.331 e. The van der Waals surface area contributed by atoms with Gasteiger partial charge in [-0.3, -0.25) is 14.4 Å². The summed E-state index contributed by atoms with van der Waals surface area (Å²) < 4.78 is 0. The lowest BCUT2D eigenvalue weighted by atomic mass is 10.2. The molecule has 1 saturated heterocycles. The van der Waals surface area contributed by atoms with Gasteiger partial charge in [-0.2, -0.15) is 0 Å². The highest BCUT2D eigenvalue weighted by molar-refractivity contribution is 8.01. The average molecular weight is 403 g/mol. The highest BCUT2D eigenvalue weighted by atomic mass is 32.2. The van der Waals surface area contributed by atoms with Crippen molar-refractivity contribution in [3.63, 3.8) is 0 Å². The van der Waals surface area contributed by atoms with E-state index in [0.717, 1.165) is 17.0 Å². The number of thioether (sulfide) groups is 1. The van der Waals surface area contributed by atoms with Gasteiger partial charge in [0.1, 0.15) is 6.04 Å². The molecule has 0 saturated carbocycles. The summed E-state index contributed by atoms with van der Waals surface area (Å²) in [5.74, 6) is -0.559. The first-order valence-electron chi connectivity index (χ1n) is 8.68. The van der Waals surface area contributed by atoms with E-state index in [4.69, 9.17) is 0 Å². The van der Waals surface area contributed by atoms with Gasteiger partial charge in [-0.1, -0.05) is 12.1 Å². The van der Waals surface area contributed by atoms with E-state index in [-0.39, 0.29) is 24.1 Å². The van der Waals surface area contributed by atoms with Crippen LogP contribution in [0.3, 0.4) is 0 Å². The lowest BCUT2D eigenvalue weighted by Crippen LogP contribution is -2.45. The van der Waals surface area contributed by atoms with Gasteiger partial charge in [0.15, 0.2) is 5.13 Å². The number of likely N-dealkylation sites (tertiary alicyclic amines) is 1. The van der Waals surface area contributed by atoms with Crippen molar-refractivity contribution in [2.45, 2.75) is 35.4 Å². The number of nitrogens with zero attached hydrogens (tertiary/aromatic N) is 2. The van der Waals surface area contributed by atoms with Gasteiger partial charge in [0.05, 0.1) is 10.9 Å².